The molecular weight excluding hydrogens is 362 g/mol. The van der Waals surface area contributed by atoms with Crippen molar-refractivity contribution < 1.29 is 14.3 Å². The van der Waals surface area contributed by atoms with Gasteiger partial charge in [-0.15, -0.1) is 0 Å². The SMILES string of the molecule is COC(=O)c1cc(Cl)ccc1NC(=O)C=C(C)c1ccc2ccccc2c1. The summed E-state index contributed by atoms with van der Waals surface area (Å²) >= 11 is 5.93. The number of esters is 1. The zero-order chi connectivity index (χ0) is 19.4. The van der Waals surface area contributed by atoms with Crippen LogP contribution in [-0.2, 0) is 9.53 Å². The molecule has 4 nitrogen and oxygen atoms in total. The van der Waals surface area contributed by atoms with Crippen LogP contribution in [0, 0.1) is 0 Å². The fraction of sp³-hybridized carbons (Fsp3) is 0.0909. The van der Waals surface area contributed by atoms with E-state index < -0.39 is 5.97 Å². The van der Waals surface area contributed by atoms with E-state index in [1.165, 1.54) is 19.3 Å². The summed E-state index contributed by atoms with van der Waals surface area (Å²) in [6, 6.07) is 18.7. The number of fused-ring (bicyclic) bond motifs is 1. The van der Waals surface area contributed by atoms with Crippen LogP contribution in [0.2, 0.25) is 5.02 Å². The highest BCUT2D eigenvalue weighted by Gasteiger charge is 2.14. The van der Waals surface area contributed by atoms with Crippen LogP contribution in [0.4, 0.5) is 5.69 Å². The van der Waals surface area contributed by atoms with Gasteiger partial charge in [0.15, 0.2) is 0 Å². The zero-order valence-corrected chi connectivity index (χ0v) is 15.7. The summed E-state index contributed by atoms with van der Waals surface area (Å²) in [7, 11) is 1.28. The predicted octanol–water partition coefficient (Wildman–Crippen LogP) is 5.32. The highest BCUT2D eigenvalue weighted by atomic mass is 35.5. The van der Waals surface area contributed by atoms with E-state index in [4.69, 9.17) is 16.3 Å². The zero-order valence-electron chi connectivity index (χ0n) is 15.0. The molecule has 0 radical (unpaired) electrons. The van der Waals surface area contributed by atoms with Gasteiger partial charge in [0.25, 0.3) is 0 Å². The van der Waals surface area contributed by atoms with Crippen molar-refractivity contribution in [3.8, 4) is 0 Å². The van der Waals surface area contributed by atoms with Crippen LogP contribution in [0.25, 0.3) is 16.3 Å². The largest absolute Gasteiger partial charge is 0.465 e. The fourth-order valence-electron chi connectivity index (χ4n) is 2.79. The average Bonchev–Trinajstić information content (AvgIpc) is 2.68. The Morgan fingerprint density at radius 1 is 1.00 bits per heavy atom. The van der Waals surface area contributed by atoms with E-state index in [1.807, 2.05) is 49.4 Å². The Balaban J connectivity index is 1.84. The van der Waals surface area contributed by atoms with Gasteiger partial charge in [-0.25, -0.2) is 4.79 Å². The van der Waals surface area contributed by atoms with Crippen molar-refractivity contribution in [1.29, 1.82) is 0 Å². The molecule has 0 aliphatic carbocycles. The lowest BCUT2D eigenvalue weighted by molar-refractivity contribution is -0.111. The monoisotopic (exact) mass is 379 g/mol. The number of allylic oxidation sites excluding steroid dienone is 1. The Bertz CT molecular complexity index is 1060. The molecule has 0 aromatic heterocycles. The predicted molar refractivity (Wildman–Crippen MR) is 109 cm³/mol. The number of amides is 1. The first kappa shape index (κ1) is 18.7. The van der Waals surface area contributed by atoms with Gasteiger partial charge in [-0.05, 0) is 53.1 Å². The minimum atomic E-state index is -0.567. The van der Waals surface area contributed by atoms with Crippen LogP contribution in [-0.4, -0.2) is 19.0 Å². The molecule has 0 bridgehead atoms. The molecule has 0 saturated carbocycles. The van der Waals surface area contributed by atoms with Crippen molar-refractivity contribution in [2.24, 2.45) is 0 Å². The quantitative estimate of drug-likeness (QED) is 0.493. The number of nitrogens with one attached hydrogen (secondary N) is 1. The number of methoxy groups -OCH3 is 1. The molecule has 3 rings (SSSR count). The Morgan fingerprint density at radius 2 is 1.74 bits per heavy atom. The fourth-order valence-corrected chi connectivity index (χ4v) is 2.96. The maximum absolute atomic E-state index is 12.4. The number of halogens is 1. The number of carbonyl (C=O) groups is 2. The molecule has 0 aliphatic rings. The van der Waals surface area contributed by atoms with Crippen molar-refractivity contribution in [2.75, 3.05) is 12.4 Å². The molecule has 0 spiro atoms. The van der Waals surface area contributed by atoms with Gasteiger partial charge in [-0.1, -0.05) is 48.0 Å². The first-order valence-electron chi connectivity index (χ1n) is 8.34. The van der Waals surface area contributed by atoms with E-state index in [0.29, 0.717) is 10.7 Å². The number of hydrogen-bond donors (Lipinski definition) is 1. The number of benzene rings is 3. The lowest BCUT2D eigenvalue weighted by Crippen LogP contribution is -2.13. The van der Waals surface area contributed by atoms with Crippen LogP contribution < -0.4 is 5.32 Å². The van der Waals surface area contributed by atoms with E-state index in [-0.39, 0.29) is 11.5 Å². The van der Waals surface area contributed by atoms with E-state index in [1.54, 1.807) is 12.1 Å². The lowest BCUT2D eigenvalue weighted by Gasteiger charge is -2.10. The van der Waals surface area contributed by atoms with Crippen LogP contribution in [0.1, 0.15) is 22.8 Å². The van der Waals surface area contributed by atoms with E-state index >= 15 is 0 Å². The van der Waals surface area contributed by atoms with Crippen molar-refractivity contribution in [3.05, 3.63) is 82.9 Å². The first-order chi connectivity index (χ1) is 13.0. The van der Waals surface area contributed by atoms with Gasteiger partial charge in [0, 0.05) is 11.1 Å². The van der Waals surface area contributed by atoms with E-state index in [2.05, 4.69) is 5.32 Å². The van der Waals surface area contributed by atoms with Crippen LogP contribution in [0.5, 0.6) is 0 Å². The second-order valence-electron chi connectivity index (χ2n) is 6.06. The Morgan fingerprint density at radius 3 is 2.48 bits per heavy atom. The third-order valence-electron chi connectivity index (χ3n) is 4.20. The first-order valence-corrected chi connectivity index (χ1v) is 8.72. The Labute approximate surface area is 162 Å². The summed E-state index contributed by atoms with van der Waals surface area (Å²) in [6.07, 6.45) is 1.50. The third-order valence-corrected chi connectivity index (χ3v) is 4.43. The molecule has 0 unspecified atom stereocenters. The topological polar surface area (TPSA) is 55.4 Å². The number of rotatable bonds is 4. The molecule has 136 valence electrons. The summed E-state index contributed by atoms with van der Waals surface area (Å²) in [5.41, 5.74) is 2.31. The van der Waals surface area contributed by atoms with Gasteiger partial charge >= 0.3 is 5.97 Å². The second-order valence-corrected chi connectivity index (χ2v) is 6.50. The molecule has 3 aromatic rings. The number of carbonyl (C=O) groups excluding carboxylic acids is 2. The highest BCUT2D eigenvalue weighted by Crippen LogP contribution is 2.23. The number of anilines is 1. The standard InChI is InChI=1S/C22H18ClNO3/c1-14(16-8-7-15-5-3-4-6-17(15)12-16)11-21(25)24-20-10-9-18(23)13-19(20)22(26)27-2/h3-13H,1-2H3,(H,24,25). The van der Waals surface area contributed by atoms with Crippen molar-refractivity contribution in [1.82, 2.24) is 0 Å². The van der Waals surface area contributed by atoms with Gasteiger partial charge in [0.2, 0.25) is 5.91 Å². The van der Waals surface area contributed by atoms with Crippen LogP contribution in [0.15, 0.2) is 66.7 Å². The Kier molecular flexibility index (Phi) is 5.57. The molecule has 27 heavy (non-hydrogen) atoms. The van der Waals surface area contributed by atoms with Gasteiger partial charge in [0.05, 0.1) is 18.4 Å². The summed E-state index contributed by atoms with van der Waals surface area (Å²) in [5.74, 6) is -0.906. The van der Waals surface area contributed by atoms with Crippen LogP contribution >= 0.6 is 11.6 Å². The van der Waals surface area contributed by atoms with E-state index in [9.17, 15) is 9.59 Å². The normalized spacial score (nSPS) is 11.3. The lowest BCUT2D eigenvalue weighted by atomic mass is 10.0. The molecule has 0 fully saturated rings. The maximum atomic E-state index is 12.4. The van der Waals surface area contributed by atoms with Crippen LogP contribution in [0.3, 0.4) is 0 Å². The van der Waals surface area contributed by atoms with Gasteiger partial charge in [0.1, 0.15) is 0 Å². The Hall–Kier alpha value is -3.11. The summed E-state index contributed by atoms with van der Waals surface area (Å²) in [6.45, 7) is 1.87. The minimum absolute atomic E-state index is 0.204. The second kappa shape index (κ2) is 8.06. The summed E-state index contributed by atoms with van der Waals surface area (Å²) < 4.78 is 4.74. The van der Waals surface area contributed by atoms with Gasteiger partial charge in [-0.2, -0.15) is 0 Å². The molecule has 1 N–H and O–H groups in total. The number of hydrogen-bond acceptors (Lipinski definition) is 3. The van der Waals surface area contributed by atoms with E-state index in [0.717, 1.165) is 21.9 Å². The number of ether oxygens (including phenoxy) is 1. The maximum Gasteiger partial charge on any atom is 0.340 e. The summed E-state index contributed by atoms with van der Waals surface area (Å²) in [5, 5.41) is 5.35. The smallest absolute Gasteiger partial charge is 0.340 e. The molecule has 3 aromatic carbocycles. The van der Waals surface area contributed by atoms with Crippen molar-refractivity contribution in [3.63, 3.8) is 0 Å². The van der Waals surface area contributed by atoms with Crippen molar-refractivity contribution in [2.45, 2.75) is 6.92 Å². The molecule has 1 amide bonds. The van der Waals surface area contributed by atoms with Crippen molar-refractivity contribution >= 4 is 45.5 Å². The van der Waals surface area contributed by atoms with Gasteiger partial charge < -0.3 is 10.1 Å². The molecule has 0 atom stereocenters. The highest BCUT2D eigenvalue weighted by molar-refractivity contribution is 6.31. The molecule has 0 aliphatic heterocycles. The molecule has 0 heterocycles. The summed E-state index contributed by atoms with van der Waals surface area (Å²) in [4.78, 5) is 24.3. The molecule has 0 saturated heterocycles. The van der Waals surface area contributed by atoms with Gasteiger partial charge in [-0.3, -0.25) is 4.79 Å². The average molecular weight is 380 g/mol. The third kappa shape index (κ3) is 4.36. The molecule has 5 heteroatoms. The minimum Gasteiger partial charge on any atom is -0.465 e. The molecular formula is C22H18ClNO3.